The minimum Gasteiger partial charge on any atom is -0.354 e. The highest BCUT2D eigenvalue weighted by atomic mass is 35.5. The van der Waals surface area contributed by atoms with Crippen molar-refractivity contribution < 1.29 is 9.59 Å². The minimum absolute atomic E-state index is 0.116. The number of carbonyl (C=O) groups is 2. The van der Waals surface area contributed by atoms with Crippen molar-refractivity contribution in [1.82, 2.24) is 10.2 Å². The van der Waals surface area contributed by atoms with Crippen LogP contribution in [0.3, 0.4) is 0 Å². The molecule has 0 heterocycles. The molecular formula is C23H29ClN2O2. The van der Waals surface area contributed by atoms with E-state index < -0.39 is 6.04 Å². The maximum Gasteiger partial charge on any atom is 0.242 e. The molecule has 2 aromatic rings. The Morgan fingerprint density at radius 2 is 1.71 bits per heavy atom. The van der Waals surface area contributed by atoms with E-state index in [4.69, 9.17) is 11.6 Å². The molecule has 0 aliphatic heterocycles. The Labute approximate surface area is 172 Å². The summed E-state index contributed by atoms with van der Waals surface area (Å²) in [6.45, 7) is 6.88. The Morgan fingerprint density at radius 3 is 2.36 bits per heavy atom. The Hall–Kier alpha value is -2.33. The SMILES string of the molecule is CCCCNC(=O)[C@@H](C)N(Cc1ccccc1C)C(=O)Cc1ccccc1Cl. The molecule has 0 spiro atoms. The average molecular weight is 401 g/mol. The lowest BCUT2D eigenvalue weighted by molar-refractivity contribution is -0.140. The second kappa shape index (κ2) is 10.9. The van der Waals surface area contributed by atoms with Gasteiger partial charge in [0.15, 0.2) is 0 Å². The standard InChI is InChI=1S/C23H29ClN2O2/c1-4-5-14-25-23(28)18(3)26(16-20-12-7-6-10-17(20)2)22(27)15-19-11-8-9-13-21(19)24/h6-13,18H,4-5,14-16H2,1-3H3,(H,25,28)/t18-/m1/s1. The number of nitrogens with zero attached hydrogens (tertiary/aromatic N) is 1. The first-order valence-electron chi connectivity index (χ1n) is 9.79. The fourth-order valence-electron chi connectivity index (χ4n) is 3.00. The lowest BCUT2D eigenvalue weighted by atomic mass is 10.1. The van der Waals surface area contributed by atoms with Crippen molar-refractivity contribution in [2.75, 3.05) is 6.54 Å². The Morgan fingerprint density at radius 1 is 1.07 bits per heavy atom. The van der Waals surface area contributed by atoms with Gasteiger partial charge in [-0.2, -0.15) is 0 Å². The summed E-state index contributed by atoms with van der Waals surface area (Å²) in [6.07, 6.45) is 2.09. The van der Waals surface area contributed by atoms with Crippen LogP contribution in [-0.4, -0.2) is 29.3 Å². The van der Waals surface area contributed by atoms with E-state index in [-0.39, 0.29) is 18.2 Å². The molecule has 150 valence electrons. The molecule has 1 N–H and O–H groups in total. The smallest absolute Gasteiger partial charge is 0.242 e. The third-order valence-corrected chi connectivity index (χ3v) is 5.27. The lowest BCUT2D eigenvalue weighted by Gasteiger charge is -2.29. The largest absolute Gasteiger partial charge is 0.354 e. The fourth-order valence-corrected chi connectivity index (χ4v) is 3.20. The molecule has 0 fully saturated rings. The number of hydrogen-bond acceptors (Lipinski definition) is 2. The highest BCUT2D eigenvalue weighted by molar-refractivity contribution is 6.31. The summed E-state index contributed by atoms with van der Waals surface area (Å²) < 4.78 is 0. The van der Waals surface area contributed by atoms with Gasteiger partial charge in [-0.1, -0.05) is 67.4 Å². The predicted octanol–water partition coefficient (Wildman–Crippen LogP) is 4.52. The van der Waals surface area contributed by atoms with E-state index >= 15 is 0 Å². The predicted molar refractivity (Wildman–Crippen MR) is 114 cm³/mol. The van der Waals surface area contributed by atoms with Crippen molar-refractivity contribution >= 4 is 23.4 Å². The zero-order valence-corrected chi connectivity index (χ0v) is 17.6. The van der Waals surface area contributed by atoms with E-state index in [1.54, 1.807) is 17.9 Å². The molecule has 0 bridgehead atoms. The normalized spacial score (nSPS) is 11.7. The van der Waals surface area contributed by atoms with Crippen LogP contribution in [0.15, 0.2) is 48.5 Å². The van der Waals surface area contributed by atoms with Gasteiger partial charge in [-0.25, -0.2) is 0 Å². The van der Waals surface area contributed by atoms with Gasteiger partial charge in [0.05, 0.1) is 6.42 Å². The van der Waals surface area contributed by atoms with E-state index in [1.165, 1.54) is 0 Å². The molecule has 1 atom stereocenters. The van der Waals surface area contributed by atoms with Crippen LogP contribution >= 0.6 is 11.6 Å². The van der Waals surface area contributed by atoms with Gasteiger partial charge in [-0.05, 0) is 43.0 Å². The number of halogens is 1. The monoisotopic (exact) mass is 400 g/mol. The van der Waals surface area contributed by atoms with E-state index in [0.29, 0.717) is 18.1 Å². The molecule has 0 unspecified atom stereocenters. The van der Waals surface area contributed by atoms with Crippen molar-refractivity contribution in [3.05, 3.63) is 70.2 Å². The van der Waals surface area contributed by atoms with Crippen LogP contribution in [-0.2, 0) is 22.6 Å². The fraction of sp³-hybridized carbons (Fsp3) is 0.391. The molecule has 2 amide bonds. The maximum absolute atomic E-state index is 13.1. The third kappa shape index (κ3) is 6.10. The van der Waals surface area contributed by atoms with Gasteiger partial charge in [0, 0.05) is 18.1 Å². The quantitative estimate of drug-likeness (QED) is 0.629. The molecule has 5 heteroatoms. The average Bonchev–Trinajstić information content (AvgIpc) is 2.68. The van der Waals surface area contributed by atoms with Crippen LogP contribution in [0.5, 0.6) is 0 Å². The Bertz CT molecular complexity index is 807. The number of carbonyl (C=O) groups excluding carboxylic acids is 2. The van der Waals surface area contributed by atoms with Crippen molar-refractivity contribution in [3.63, 3.8) is 0 Å². The number of benzene rings is 2. The molecule has 28 heavy (non-hydrogen) atoms. The minimum atomic E-state index is -0.563. The molecule has 4 nitrogen and oxygen atoms in total. The number of unbranched alkanes of at least 4 members (excludes halogenated alkanes) is 1. The first-order valence-corrected chi connectivity index (χ1v) is 10.2. The van der Waals surface area contributed by atoms with Crippen molar-refractivity contribution in [2.45, 2.75) is 52.6 Å². The third-order valence-electron chi connectivity index (χ3n) is 4.90. The van der Waals surface area contributed by atoms with Gasteiger partial charge in [0.2, 0.25) is 11.8 Å². The summed E-state index contributed by atoms with van der Waals surface area (Å²) in [7, 11) is 0. The topological polar surface area (TPSA) is 49.4 Å². The van der Waals surface area contributed by atoms with Crippen LogP contribution in [0.2, 0.25) is 5.02 Å². The van der Waals surface area contributed by atoms with Crippen molar-refractivity contribution in [2.24, 2.45) is 0 Å². The molecule has 2 rings (SSSR count). The first kappa shape index (κ1) is 22.0. The highest BCUT2D eigenvalue weighted by Crippen LogP contribution is 2.19. The van der Waals surface area contributed by atoms with Crippen LogP contribution in [0, 0.1) is 6.92 Å². The van der Waals surface area contributed by atoms with E-state index in [9.17, 15) is 9.59 Å². The van der Waals surface area contributed by atoms with E-state index in [2.05, 4.69) is 12.2 Å². The zero-order chi connectivity index (χ0) is 20.5. The molecule has 0 saturated carbocycles. The summed E-state index contributed by atoms with van der Waals surface area (Å²) in [5.41, 5.74) is 2.89. The highest BCUT2D eigenvalue weighted by Gasteiger charge is 2.26. The second-order valence-corrected chi connectivity index (χ2v) is 7.44. The summed E-state index contributed by atoms with van der Waals surface area (Å²) in [5.74, 6) is -0.246. The van der Waals surface area contributed by atoms with Crippen molar-refractivity contribution in [3.8, 4) is 0 Å². The van der Waals surface area contributed by atoms with Crippen LogP contribution in [0.1, 0.15) is 43.4 Å². The van der Waals surface area contributed by atoms with E-state index in [0.717, 1.165) is 29.5 Å². The Balaban J connectivity index is 2.22. The van der Waals surface area contributed by atoms with Gasteiger partial charge in [0.1, 0.15) is 6.04 Å². The molecule has 0 aliphatic rings. The van der Waals surface area contributed by atoms with Gasteiger partial charge in [0.25, 0.3) is 0 Å². The van der Waals surface area contributed by atoms with Crippen molar-refractivity contribution in [1.29, 1.82) is 0 Å². The lowest BCUT2D eigenvalue weighted by Crippen LogP contribution is -2.48. The van der Waals surface area contributed by atoms with Crippen LogP contribution in [0.4, 0.5) is 0 Å². The summed E-state index contributed by atoms with van der Waals surface area (Å²) >= 11 is 6.24. The van der Waals surface area contributed by atoms with Gasteiger partial charge in [-0.15, -0.1) is 0 Å². The van der Waals surface area contributed by atoms with E-state index in [1.807, 2.05) is 49.4 Å². The Kier molecular flexibility index (Phi) is 8.52. The van der Waals surface area contributed by atoms with Crippen LogP contribution in [0.25, 0.3) is 0 Å². The molecule has 0 saturated heterocycles. The van der Waals surface area contributed by atoms with Gasteiger partial charge < -0.3 is 10.2 Å². The first-order chi connectivity index (χ1) is 13.4. The number of nitrogens with one attached hydrogen (secondary N) is 1. The van der Waals surface area contributed by atoms with Gasteiger partial charge >= 0.3 is 0 Å². The number of aryl methyl sites for hydroxylation is 1. The summed E-state index contributed by atoms with van der Waals surface area (Å²) in [6, 6.07) is 14.7. The number of hydrogen-bond donors (Lipinski definition) is 1. The zero-order valence-electron chi connectivity index (χ0n) is 16.9. The summed E-state index contributed by atoms with van der Waals surface area (Å²) in [4.78, 5) is 27.4. The maximum atomic E-state index is 13.1. The molecule has 0 aliphatic carbocycles. The van der Waals surface area contributed by atoms with Crippen LogP contribution < -0.4 is 5.32 Å². The molecular weight excluding hydrogens is 372 g/mol. The van der Waals surface area contributed by atoms with Gasteiger partial charge in [-0.3, -0.25) is 9.59 Å². The number of amides is 2. The second-order valence-electron chi connectivity index (χ2n) is 7.04. The molecule has 2 aromatic carbocycles. The summed E-state index contributed by atoms with van der Waals surface area (Å²) in [5, 5.41) is 3.50. The number of rotatable bonds is 9. The molecule has 0 radical (unpaired) electrons. The molecule has 0 aromatic heterocycles.